The van der Waals surface area contributed by atoms with Gasteiger partial charge in [-0.25, -0.2) is 0 Å². The Labute approximate surface area is 206 Å². The maximum Gasteiger partial charge on any atom is 0.264 e. The number of piperidine rings is 1. The summed E-state index contributed by atoms with van der Waals surface area (Å²) in [5.74, 6) is -0.0198. The highest BCUT2D eigenvalue weighted by atomic mass is 16.3. The number of hydrogen-bond acceptors (Lipinski definition) is 4. The molecule has 6 rings (SSSR count). The van der Waals surface area contributed by atoms with Crippen molar-refractivity contribution in [2.75, 3.05) is 18.0 Å². The van der Waals surface area contributed by atoms with Crippen molar-refractivity contribution in [3.8, 4) is 0 Å². The highest BCUT2D eigenvalue weighted by Crippen LogP contribution is 2.50. The zero-order valence-corrected chi connectivity index (χ0v) is 20.4. The molecule has 2 heterocycles. The van der Waals surface area contributed by atoms with E-state index in [0.29, 0.717) is 23.9 Å². The molecule has 3 aromatic rings. The van der Waals surface area contributed by atoms with Crippen LogP contribution in [-0.2, 0) is 15.2 Å². The predicted octanol–water partition coefficient (Wildman–Crippen LogP) is 5.07. The van der Waals surface area contributed by atoms with Gasteiger partial charge in [0, 0.05) is 49.5 Å². The number of Topliss-reactive ketones (excluding diaryl/α,β-unsaturated/α-hetero) is 1. The van der Waals surface area contributed by atoms with E-state index >= 15 is 0 Å². The first-order valence-corrected chi connectivity index (χ1v) is 12.9. The van der Waals surface area contributed by atoms with Crippen LogP contribution in [0.15, 0.2) is 60.7 Å². The van der Waals surface area contributed by atoms with Crippen LogP contribution in [0.3, 0.4) is 0 Å². The number of nitrogens with zero attached hydrogens (tertiary/aromatic N) is 2. The van der Waals surface area contributed by atoms with Crippen molar-refractivity contribution in [3.63, 3.8) is 0 Å². The van der Waals surface area contributed by atoms with Crippen LogP contribution in [0.4, 0.5) is 5.69 Å². The van der Waals surface area contributed by atoms with Crippen molar-refractivity contribution in [1.29, 1.82) is 0 Å². The molecule has 0 aromatic heterocycles. The molecule has 1 amide bonds. The maximum atomic E-state index is 13.6. The normalized spacial score (nSPS) is 26.5. The number of carbonyl (C=O) groups excluding carboxylic acids is 2. The molecule has 2 aliphatic heterocycles. The summed E-state index contributed by atoms with van der Waals surface area (Å²) in [4.78, 5) is 30.2. The molecule has 3 unspecified atom stereocenters. The largest absolute Gasteiger partial charge is 0.375 e. The third-order valence-corrected chi connectivity index (χ3v) is 8.54. The number of likely N-dealkylation sites (tertiary alicyclic amines) is 1. The van der Waals surface area contributed by atoms with Crippen molar-refractivity contribution in [1.82, 2.24) is 4.90 Å². The minimum atomic E-state index is -1.75. The van der Waals surface area contributed by atoms with Crippen molar-refractivity contribution < 1.29 is 14.7 Å². The molecule has 1 saturated heterocycles. The second-order valence-corrected chi connectivity index (χ2v) is 10.4. The maximum absolute atomic E-state index is 13.6. The van der Waals surface area contributed by atoms with Gasteiger partial charge in [-0.15, -0.1) is 0 Å². The first-order valence-electron chi connectivity index (χ1n) is 12.9. The predicted molar refractivity (Wildman–Crippen MR) is 137 cm³/mol. The van der Waals surface area contributed by atoms with Crippen LogP contribution in [0.1, 0.15) is 68.2 Å². The Bertz CT molecular complexity index is 1320. The molecule has 5 nitrogen and oxygen atoms in total. The van der Waals surface area contributed by atoms with E-state index < -0.39 is 5.60 Å². The van der Waals surface area contributed by atoms with E-state index in [1.54, 1.807) is 17.9 Å². The van der Waals surface area contributed by atoms with Crippen LogP contribution < -0.4 is 4.90 Å². The molecule has 1 N–H and O–H groups in total. The fourth-order valence-electron chi connectivity index (χ4n) is 6.80. The Morgan fingerprint density at radius 1 is 1.00 bits per heavy atom. The summed E-state index contributed by atoms with van der Waals surface area (Å²) >= 11 is 0. The van der Waals surface area contributed by atoms with Gasteiger partial charge in [0.05, 0.1) is 5.69 Å². The molecular weight excluding hydrogens is 436 g/mol. The Morgan fingerprint density at radius 3 is 2.40 bits per heavy atom. The van der Waals surface area contributed by atoms with Crippen molar-refractivity contribution in [2.45, 2.75) is 63.1 Å². The molecule has 5 heteroatoms. The quantitative estimate of drug-likeness (QED) is 0.568. The molecule has 1 fully saturated rings. The van der Waals surface area contributed by atoms with Gasteiger partial charge in [-0.3, -0.25) is 14.5 Å². The van der Waals surface area contributed by atoms with E-state index in [4.69, 9.17) is 0 Å². The number of benzene rings is 3. The third-order valence-electron chi connectivity index (χ3n) is 8.54. The van der Waals surface area contributed by atoms with Gasteiger partial charge < -0.3 is 10.0 Å². The fraction of sp³-hybridized carbons (Fsp3) is 0.400. The molecule has 3 aromatic carbocycles. The summed E-state index contributed by atoms with van der Waals surface area (Å²) in [5, 5.41) is 14.2. The lowest BCUT2D eigenvalue weighted by atomic mass is 9.89. The molecule has 3 aliphatic rings. The van der Waals surface area contributed by atoms with E-state index in [9.17, 15) is 14.7 Å². The standard InChI is InChI=1S/C30H32N2O3/c1-3-22(33)18-30(35)25-12-4-5-13-26(25)32(29(30)34)21-14-16-31(17-15-21)28-19(2)23-10-6-8-20-9-7-11-24(28)27(20)23/h4-13,19,21,28,35H,3,14-18H2,1-2H3. The van der Waals surface area contributed by atoms with Gasteiger partial charge in [0.2, 0.25) is 0 Å². The summed E-state index contributed by atoms with van der Waals surface area (Å²) in [6.45, 7) is 5.88. The van der Waals surface area contributed by atoms with Crippen LogP contribution in [-0.4, -0.2) is 40.8 Å². The van der Waals surface area contributed by atoms with Gasteiger partial charge in [-0.1, -0.05) is 68.4 Å². The Kier molecular flexibility index (Phi) is 5.31. The molecule has 0 saturated carbocycles. The number of hydrogen-bond donors (Lipinski definition) is 1. The van der Waals surface area contributed by atoms with Crippen molar-refractivity contribution in [3.05, 3.63) is 77.4 Å². The fourth-order valence-corrected chi connectivity index (χ4v) is 6.80. The van der Waals surface area contributed by atoms with Crippen LogP contribution in [0, 0.1) is 0 Å². The lowest BCUT2D eigenvalue weighted by Crippen LogP contribution is -2.50. The van der Waals surface area contributed by atoms with Gasteiger partial charge in [0.1, 0.15) is 5.78 Å². The molecule has 0 radical (unpaired) electrons. The zero-order valence-electron chi connectivity index (χ0n) is 20.4. The topological polar surface area (TPSA) is 60.9 Å². The van der Waals surface area contributed by atoms with E-state index in [2.05, 4.69) is 48.2 Å². The third kappa shape index (κ3) is 3.29. The Hall–Kier alpha value is -3.02. The van der Waals surface area contributed by atoms with E-state index in [1.807, 2.05) is 18.2 Å². The summed E-state index contributed by atoms with van der Waals surface area (Å²) in [6.07, 6.45) is 1.84. The highest BCUT2D eigenvalue weighted by Gasteiger charge is 2.52. The average molecular weight is 469 g/mol. The monoisotopic (exact) mass is 468 g/mol. The van der Waals surface area contributed by atoms with Crippen LogP contribution in [0.5, 0.6) is 0 Å². The number of fused-ring (bicyclic) bond motifs is 1. The number of para-hydroxylation sites is 1. The van der Waals surface area contributed by atoms with E-state index in [0.717, 1.165) is 31.6 Å². The summed E-state index contributed by atoms with van der Waals surface area (Å²) < 4.78 is 0. The number of rotatable bonds is 5. The summed E-state index contributed by atoms with van der Waals surface area (Å²) in [5.41, 5.74) is 2.42. The number of ketones is 1. The lowest BCUT2D eigenvalue weighted by Gasteiger charge is -2.41. The second-order valence-electron chi connectivity index (χ2n) is 10.4. The van der Waals surface area contributed by atoms with Gasteiger partial charge in [-0.2, -0.15) is 0 Å². The Balaban J connectivity index is 1.25. The lowest BCUT2D eigenvalue weighted by molar-refractivity contribution is -0.142. The molecule has 0 spiro atoms. The highest BCUT2D eigenvalue weighted by molar-refractivity contribution is 6.09. The summed E-state index contributed by atoms with van der Waals surface area (Å²) in [7, 11) is 0. The Morgan fingerprint density at radius 2 is 1.69 bits per heavy atom. The van der Waals surface area contributed by atoms with E-state index in [1.165, 1.54) is 21.9 Å². The first-order chi connectivity index (χ1) is 16.9. The van der Waals surface area contributed by atoms with Crippen LogP contribution >= 0.6 is 0 Å². The van der Waals surface area contributed by atoms with Crippen LogP contribution in [0.2, 0.25) is 0 Å². The average Bonchev–Trinajstić information content (AvgIpc) is 3.29. The molecule has 35 heavy (non-hydrogen) atoms. The number of carbonyl (C=O) groups is 2. The molecular formula is C30H32N2O3. The minimum absolute atomic E-state index is 0.0144. The smallest absolute Gasteiger partial charge is 0.264 e. The molecule has 3 atom stereocenters. The number of amides is 1. The summed E-state index contributed by atoms with van der Waals surface area (Å²) in [6, 6.07) is 21.1. The first kappa shape index (κ1) is 22.4. The SMILES string of the molecule is CCC(=O)CC1(O)C(=O)N(C2CCN(C3c4cccc5cccc(c45)C3C)CC2)c2ccccc21. The number of aliphatic hydroxyl groups is 1. The van der Waals surface area contributed by atoms with Gasteiger partial charge in [-0.05, 0) is 40.8 Å². The molecule has 180 valence electrons. The van der Waals surface area contributed by atoms with Gasteiger partial charge >= 0.3 is 0 Å². The van der Waals surface area contributed by atoms with Crippen molar-refractivity contribution >= 4 is 28.2 Å². The van der Waals surface area contributed by atoms with Crippen molar-refractivity contribution in [2.24, 2.45) is 0 Å². The molecule has 0 bridgehead atoms. The van der Waals surface area contributed by atoms with Gasteiger partial charge in [0.25, 0.3) is 5.91 Å². The number of anilines is 1. The second kappa shape index (κ2) is 8.28. The van der Waals surface area contributed by atoms with Gasteiger partial charge in [0.15, 0.2) is 5.60 Å². The molecule has 1 aliphatic carbocycles. The van der Waals surface area contributed by atoms with Crippen LogP contribution in [0.25, 0.3) is 10.8 Å². The van der Waals surface area contributed by atoms with E-state index in [-0.39, 0.29) is 24.2 Å². The minimum Gasteiger partial charge on any atom is -0.375 e. The zero-order chi connectivity index (χ0) is 24.3.